The highest BCUT2D eigenvalue weighted by Crippen LogP contribution is 2.21. The quantitative estimate of drug-likeness (QED) is 0.585. The minimum absolute atomic E-state index is 0.276. The van der Waals surface area contributed by atoms with E-state index in [1.807, 2.05) is 24.3 Å². The topological polar surface area (TPSA) is 38.7 Å². The highest BCUT2D eigenvalue weighted by Gasteiger charge is 2.23. The van der Waals surface area contributed by atoms with E-state index < -0.39 is 5.97 Å². The molecular weight excluding hydrogens is 354 g/mol. The molecule has 1 aliphatic heterocycles. The van der Waals surface area contributed by atoms with Crippen molar-refractivity contribution in [2.75, 3.05) is 0 Å². The van der Waals surface area contributed by atoms with E-state index in [0.29, 0.717) is 10.6 Å². The highest BCUT2D eigenvalue weighted by molar-refractivity contribution is 9.10. The Balaban J connectivity index is 1.93. The van der Waals surface area contributed by atoms with Crippen molar-refractivity contribution in [1.29, 1.82) is 0 Å². The van der Waals surface area contributed by atoms with Crippen molar-refractivity contribution in [2.24, 2.45) is 4.99 Å². The van der Waals surface area contributed by atoms with Crippen molar-refractivity contribution in [1.82, 2.24) is 0 Å². The maximum atomic E-state index is 11.9. The molecule has 0 N–H and O–H groups in total. The van der Waals surface area contributed by atoms with Crippen molar-refractivity contribution >= 4 is 45.5 Å². The van der Waals surface area contributed by atoms with Crippen LogP contribution in [0.3, 0.4) is 0 Å². The second-order valence-electron chi connectivity index (χ2n) is 4.40. The van der Waals surface area contributed by atoms with E-state index >= 15 is 0 Å². The molecule has 0 amide bonds. The minimum Gasteiger partial charge on any atom is -0.402 e. The van der Waals surface area contributed by atoms with E-state index in [9.17, 15) is 4.79 Å². The highest BCUT2D eigenvalue weighted by atomic mass is 79.9. The summed E-state index contributed by atoms with van der Waals surface area (Å²) in [6.45, 7) is 0. The number of rotatable bonds is 2. The van der Waals surface area contributed by atoms with E-state index in [2.05, 4.69) is 20.9 Å². The first-order valence-corrected chi connectivity index (χ1v) is 7.33. The lowest BCUT2D eigenvalue weighted by molar-refractivity contribution is -0.129. The van der Waals surface area contributed by atoms with Crippen LogP contribution < -0.4 is 0 Å². The molecule has 104 valence electrons. The van der Waals surface area contributed by atoms with Gasteiger partial charge in [-0.15, -0.1) is 0 Å². The van der Waals surface area contributed by atoms with Gasteiger partial charge in [-0.3, -0.25) is 0 Å². The van der Waals surface area contributed by atoms with Crippen LogP contribution in [-0.2, 0) is 9.53 Å². The lowest BCUT2D eigenvalue weighted by Crippen LogP contribution is -2.05. The van der Waals surface area contributed by atoms with E-state index in [1.54, 1.807) is 30.3 Å². The van der Waals surface area contributed by atoms with Gasteiger partial charge in [-0.1, -0.05) is 39.7 Å². The molecule has 1 aliphatic rings. The van der Waals surface area contributed by atoms with Crippen molar-refractivity contribution in [3.05, 3.63) is 74.9 Å². The number of benzene rings is 2. The maximum Gasteiger partial charge on any atom is 0.363 e. The fourth-order valence-corrected chi connectivity index (χ4v) is 2.42. The average Bonchev–Trinajstić information content (AvgIpc) is 2.81. The Kier molecular flexibility index (Phi) is 3.90. The van der Waals surface area contributed by atoms with Crippen molar-refractivity contribution in [3.63, 3.8) is 0 Å². The molecule has 3 rings (SSSR count). The number of aliphatic imine (C=N–C) groups is 1. The van der Waals surface area contributed by atoms with Crippen LogP contribution >= 0.6 is 27.5 Å². The van der Waals surface area contributed by atoms with Crippen molar-refractivity contribution in [2.45, 2.75) is 0 Å². The van der Waals surface area contributed by atoms with Crippen molar-refractivity contribution in [3.8, 4) is 0 Å². The largest absolute Gasteiger partial charge is 0.402 e. The molecule has 2 aromatic rings. The molecule has 21 heavy (non-hydrogen) atoms. The predicted molar refractivity (Wildman–Crippen MR) is 86.2 cm³/mol. The van der Waals surface area contributed by atoms with Gasteiger partial charge in [-0.2, -0.15) is 0 Å². The summed E-state index contributed by atoms with van der Waals surface area (Å²) in [4.78, 5) is 16.1. The maximum absolute atomic E-state index is 11.9. The molecule has 0 saturated heterocycles. The van der Waals surface area contributed by atoms with Crippen LogP contribution in [-0.4, -0.2) is 11.9 Å². The fourth-order valence-electron chi connectivity index (χ4n) is 1.88. The summed E-state index contributed by atoms with van der Waals surface area (Å²) in [7, 11) is 0. The van der Waals surface area contributed by atoms with E-state index in [0.717, 1.165) is 10.0 Å². The third-order valence-corrected chi connectivity index (χ3v) is 3.61. The molecule has 2 aromatic carbocycles. The SMILES string of the molecule is O=C1OC(c2ccc(Cl)cc2)=N/C1=C/c1cccc(Br)c1. The Morgan fingerprint density at radius 1 is 1.14 bits per heavy atom. The number of esters is 1. The molecule has 0 aliphatic carbocycles. The van der Waals surface area contributed by atoms with Gasteiger partial charge in [0.05, 0.1) is 0 Å². The molecule has 0 unspecified atom stereocenters. The molecule has 0 spiro atoms. The predicted octanol–water partition coefficient (Wildman–Crippen LogP) is 4.45. The zero-order valence-electron chi connectivity index (χ0n) is 10.7. The Morgan fingerprint density at radius 2 is 1.90 bits per heavy atom. The fraction of sp³-hybridized carbons (Fsp3) is 0. The number of hydrogen-bond acceptors (Lipinski definition) is 3. The number of ether oxygens (including phenoxy) is 1. The van der Waals surface area contributed by atoms with Gasteiger partial charge < -0.3 is 4.74 Å². The molecule has 3 nitrogen and oxygen atoms in total. The Bertz CT molecular complexity index is 766. The van der Waals surface area contributed by atoms with Gasteiger partial charge in [0, 0.05) is 15.1 Å². The van der Waals surface area contributed by atoms with E-state index in [4.69, 9.17) is 16.3 Å². The number of carbonyl (C=O) groups excluding carboxylic acids is 1. The Labute approximate surface area is 135 Å². The van der Waals surface area contributed by atoms with Gasteiger partial charge in [0.15, 0.2) is 5.70 Å². The summed E-state index contributed by atoms with van der Waals surface area (Å²) in [5.74, 6) is -0.169. The van der Waals surface area contributed by atoms with Gasteiger partial charge >= 0.3 is 5.97 Å². The van der Waals surface area contributed by atoms with Crippen LogP contribution in [0, 0.1) is 0 Å². The minimum atomic E-state index is -0.458. The van der Waals surface area contributed by atoms with Gasteiger partial charge in [-0.25, -0.2) is 9.79 Å². The third-order valence-electron chi connectivity index (χ3n) is 2.86. The van der Waals surface area contributed by atoms with E-state index in [-0.39, 0.29) is 11.6 Å². The van der Waals surface area contributed by atoms with Crippen LogP contribution in [0.4, 0.5) is 0 Å². The molecule has 0 saturated carbocycles. The molecular formula is C16H9BrClNO2. The second kappa shape index (κ2) is 5.84. The van der Waals surface area contributed by atoms with Crippen LogP contribution in [0.1, 0.15) is 11.1 Å². The summed E-state index contributed by atoms with van der Waals surface area (Å²) in [6.07, 6.45) is 1.69. The van der Waals surface area contributed by atoms with Crippen LogP contribution in [0.5, 0.6) is 0 Å². The lowest BCUT2D eigenvalue weighted by Gasteiger charge is -1.98. The normalized spacial score (nSPS) is 16.0. The van der Waals surface area contributed by atoms with Crippen molar-refractivity contribution < 1.29 is 9.53 Å². The number of halogens is 2. The second-order valence-corrected chi connectivity index (χ2v) is 5.75. The van der Waals surface area contributed by atoms with Gasteiger partial charge in [0.2, 0.25) is 5.90 Å². The number of hydrogen-bond donors (Lipinski definition) is 0. The smallest absolute Gasteiger partial charge is 0.363 e. The lowest BCUT2D eigenvalue weighted by atomic mass is 10.2. The van der Waals surface area contributed by atoms with Gasteiger partial charge in [-0.05, 0) is 48.0 Å². The van der Waals surface area contributed by atoms with Crippen LogP contribution in [0.25, 0.3) is 6.08 Å². The summed E-state index contributed by atoms with van der Waals surface area (Å²) in [5.41, 5.74) is 1.86. The first kappa shape index (κ1) is 14.0. The standard InChI is InChI=1S/C16H9BrClNO2/c17-12-3-1-2-10(8-12)9-14-16(20)21-15(19-14)11-4-6-13(18)7-5-11/h1-9H/b14-9+. The molecule has 5 heteroatoms. The Morgan fingerprint density at radius 3 is 2.62 bits per heavy atom. The monoisotopic (exact) mass is 361 g/mol. The summed E-state index contributed by atoms with van der Waals surface area (Å²) in [5, 5.41) is 0.619. The molecule has 0 bridgehead atoms. The molecule has 0 aromatic heterocycles. The number of nitrogens with zero attached hydrogens (tertiary/aromatic N) is 1. The van der Waals surface area contributed by atoms with Crippen LogP contribution in [0.2, 0.25) is 5.02 Å². The molecule has 1 heterocycles. The zero-order chi connectivity index (χ0) is 14.8. The van der Waals surface area contributed by atoms with Gasteiger partial charge in [0.1, 0.15) is 0 Å². The molecule has 0 radical (unpaired) electrons. The number of carbonyl (C=O) groups is 1. The summed E-state index contributed by atoms with van der Waals surface area (Å²) >= 11 is 9.22. The first-order valence-electron chi connectivity index (χ1n) is 6.16. The van der Waals surface area contributed by atoms with E-state index in [1.165, 1.54) is 0 Å². The van der Waals surface area contributed by atoms with Crippen LogP contribution in [0.15, 0.2) is 63.7 Å². The van der Waals surface area contributed by atoms with Gasteiger partial charge in [0.25, 0.3) is 0 Å². The zero-order valence-corrected chi connectivity index (χ0v) is 13.1. The molecule has 0 fully saturated rings. The first-order chi connectivity index (χ1) is 10.1. The average molecular weight is 363 g/mol. The third kappa shape index (κ3) is 3.23. The summed E-state index contributed by atoms with van der Waals surface area (Å²) < 4.78 is 6.13. The molecule has 0 atom stereocenters. The number of cyclic esters (lactones) is 1. The summed E-state index contributed by atoms with van der Waals surface area (Å²) in [6, 6.07) is 14.6. The Hall–Kier alpha value is -1.91.